The van der Waals surface area contributed by atoms with Crippen molar-refractivity contribution in [2.24, 2.45) is 0 Å². The van der Waals surface area contributed by atoms with E-state index in [1.54, 1.807) is 11.3 Å². The maximum absolute atomic E-state index is 11.9. The fourth-order valence-electron chi connectivity index (χ4n) is 2.85. The van der Waals surface area contributed by atoms with Crippen molar-refractivity contribution in [3.63, 3.8) is 0 Å². The molecule has 128 valence electrons. The number of carbonyl (C=O) groups is 1. The van der Waals surface area contributed by atoms with Crippen LogP contribution in [0, 0.1) is 0 Å². The summed E-state index contributed by atoms with van der Waals surface area (Å²) in [5.74, 6) is 0. The fourth-order valence-corrected chi connectivity index (χ4v) is 3.57. The molecule has 0 unspecified atom stereocenters. The summed E-state index contributed by atoms with van der Waals surface area (Å²) < 4.78 is 0. The zero-order chi connectivity index (χ0) is 16.6. The molecule has 1 saturated heterocycles. The van der Waals surface area contributed by atoms with E-state index >= 15 is 0 Å². The SMILES string of the molecule is O=C(NCc1ccccc1)NCc1nc(CN2CCCCC2)cs1. The Morgan fingerprint density at radius 2 is 1.83 bits per heavy atom. The van der Waals surface area contributed by atoms with Gasteiger partial charge >= 0.3 is 6.03 Å². The van der Waals surface area contributed by atoms with Gasteiger partial charge in [-0.3, -0.25) is 4.90 Å². The summed E-state index contributed by atoms with van der Waals surface area (Å²) in [5.41, 5.74) is 2.20. The summed E-state index contributed by atoms with van der Waals surface area (Å²) in [4.78, 5) is 18.9. The van der Waals surface area contributed by atoms with Crippen molar-refractivity contribution >= 4 is 17.4 Å². The molecule has 2 N–H and O–H groups in total. The maximum atomic E-state index is 11.9. The third-order valence-corrected chi connectivity index (χ3v) is 5.03. The number of carbonyl (C=O) groups excluding carboxylic acids is 1. The number of piperidine rings is 1. The van der Waals surface area contributed by atoms with Gasteiger partial charge in [-0.05, 0) is 31.5 Å². The Bertz CT molecular complexity index is 637. The van der Waals surface area contributed by atoms with Crippen LogP contribution in [0.3, 0.4) is 0 Å². The summed E-state index contributed by atoms with van der Waals surface area (Å²) >= 11 is 1.61. The predicted molar refractivity (Wildman–Crippen MR) is 96.8 cm³/mol. The van der Waals surface area contributed by atoms with Crippen molar-refractivity contribution < 1.29 is 4.79 Å². The highest BCUT2D eigenvalue weighted by atomic mass is 32.1. The molecule has 24 heavy (non-hydrogen) atoms. The number of likely N-dealkylation sites (tertiary alicyclic amines) is 1. The standard InChI is InChI=1S/C18H24N4OS/c23-18(19-11-15-7-3-1-4-8-15)20-12-17-21-16(14-24-17)13-22-9-5-2-6-10-22/h1,3-4,7-8,14H,2,5-6,9-13H2,(H2,19,20,23). The van der Waals surface area contributed by atoms with Crippen LogP contribution in [0.25, 0.3) is 0 Å². The first kappa shape index (κ1) is 16.9. The van der Waals surface area contributed by atoms with Gasteiger partial charge in [-0.25, -0.2) is 9.78 Å². The van der Waals surface area contributed by atoms with Gasteiger partial charge in [0.15, 0.2) is 0 Å². The largest absolute Gasteiger partial charge is 0.334 e. The summed E-state index contributed by atoms with van der Waals surface area (Å²) in [5, 5.41) is 8.79. The number of thiazole rings is 1. The minimum absolute atomic E-state index is 0.161. The van der Waals surface area contributed by atoms with Crippen LogP contribution in [0.1, 0.15) is 35.5 Å². The number of benzene rings is 1. The number of nitrogens with one attached hydrogen (secondary N) is 2. The lowest BCUT2D eigenvalue weighted by atomic mass is 10.1. The van der Waals surface area contributed by atoms with Crippen molar-refractivity contribution in [3.05, 3.63) is 52.0 Å². The summed E-state index contributed by atoms with van der Waals surface area (Å²) in [7, 11) is 0. The highest BCUT2D eigenvalue weighted by Crippen LogP contribution is 2.15. The molecule has 6 heteroatoms. The average molecular weight is 344 g/mol. The van der Waals surface area contributed by atoms with E-state index in [-0.39, 0.29) is 6.03 Å². The number of hydrogen-bond acceptors (Lipinski definition) is 4. The van der Waals surface area contributed by atoms with Crippen molar-refractivity contribution in [1.82, 2.24) is 20.5 Å². The molecule has 1 aliphatic heterocycles. The van der Waals surface area contributed by atoms with Gasteiger partial charge in [-0.1, -0.05) is 36.8 Å². The van der Waals surface area contributed by atoms with Gasteiger partial charge < -0.3 is 10.6 Å². The van der Waals surface area contributed by atoms with Crippen LogP contribution in [-0.4, -0.2) is 29.0 Å². The molecule has 3 rings (SSSR count). The van der Waals surface area contributed by atoms with E-state index in [1.165, 1.54) is 32.4 Å². The Kier molecular flexibility index (Phi) is 6.20. The molecule has 5 nitrogen and oxygen atoms in total. The number of nitrogens with zero attached hydrogens (tertiary/aromatic N) is 2. The number of amides is 2. The molecule has 2 heterocycles. The first-order valence-corrected chi connectivity index (χ1v) is 9.39. The number of rotatable bonds is 6. The van der Waals surface area contributed by atoms with Crippen LogP contribution < -0.4 is 10.6 Å². The van der Waals surface area contributed by atoms with Crippen LogP contribution in [0.2, 0.25) is 0 Å². The Morgan fingerprint density at radius 1 is 1.08 bits per heavy atom. The van der Waals surface area contributed by atoms with Crippen molar-refractivity contribution in [2.45, 2.75) is 38.9 Å². The first-order valence-electron chi connectivity index (χ1n) is 8.51. The molecule has 0 bridgehead atoms. The van der Waals surface area contributed by atoms with Crippen LogP contribution in [-0.2, 0) is 19.6 Å². The molecule has 1 aliphatic rings. The van der Waals surface area contributed by atoms with E-state index in [2.05, 4.69) is 25.9 Å². The molecule has 0 spiro atoms. The smallest absolute Gasteiger partial charge is 0.315 e. The lowest BCUT2D eigenvalue weighted by Crippen LogP contribution is -2.34. The maximum Gasteiger partial charge on any atom is 0.315 e. The third kappa shape index (κ3) is 5.32. The van der Waals surface area contributed by atoms with Gasteiger partial charge in [-0.15, -0.1) is 11.3 Å². The molecular formula is C18H24N4OS. The van der Waals surface area contributed by atoms with Crippen molar-refractivity contribution in [3.8, 4) is 0 Å². The summed E-state index contributed by atoms with van der Waals surface area (Å²) in [6.07, 6.45) is 3.93. The summed E-state index contributed by atoms with van der Waals surface area (Å²) in [6, 6.07) is 9.73. The first-order chi connectivity index (χ1) is 11.8. The molecule has 2 aromatic rings. The van der Waals surface area contributed by atoms with Gasteiger partial charge in [0.25, 0.3) is 0 Å². The highest BCUT2D eigenvalue weighted by molar-refractivity contribution is 7.09. The molecule has 0 aliphatic carbocycles. The minimum Gasteiger partial charge on any atom is -0.334 e. The zero-order valence-electron chi connectivity index (χ0n) is 13.8. The van der Waals surface area contributed by atoms with Gasteiger partial charge in [0, 0.05) is 18.5 Å². The molecule has 2 amide bonds. The van der Waals surface area contributed by atoms with Gasteiger partial charge in [0.1, 0.15) is 5.01 Å². The Morgan fingerprint density at radius 3 is 2.62 bits per heavy atom. The molecular weight excluding hydrogens is 320 g/mol. The Balaban J connectivity index is 1.39. The summed E-state index contributed by atoms with van der Waals surface area (Å²) in [6.45, 7) is 4.28. The molecule has 1 fully saturated rings. The Labute approximate surface area is 147 Å². The third-order valence-electron chi connectivity index (χ3n) is 4.13. The van der Waals surface area contributed by atoms with Gasteiger partial charge in [0.2, 0.25) is 0 Å². The molecule has 0 atom stereocenters. The van der Waals surface area contributed by atoms with Crippen LogP contribution >= 0.6 is 11.3 Å². The lowest BCUT2D eigenvalue weighted by molar-refractivity contribution is 0.219. The van der Waals surface area contributed by atoms with Crippen molar-refractivity contribution in [1.29, 1.82) is 0 Å². The van der Waals surface area contributed by atoms with E-state index in [4.69, 9.17) is 0 Å². The average Bonchev–Trinajstić information content (AvgIpc) is 3.07. The van der Waals surface area contributed by atoms with Crippen LogP contribution in [0.4, 0.5) is 4.79 Å². The van der Waals surface area contributed by atoms with E-state index in [0.29, 0.717) is 13.1 Å². The topological polar surface area (TPSA) is 57.3 Å². The number of hydrogen-bond donors (Lipinski definition) is 2. The predicted octanol–water partition coefficient (Wildman–Crippen LogP) is 3.13. The zero-order valence-corrected chi connectivity index (χ0v) is 14.6. The normalized spacial score (nSPS) is 15.2. The second-order valence-corrected chi connectivity index (χ2v) is 7.03. The van der Waals surface area contributed by atoms with E-state index < -0.39 is 0 Å². The quantitative estimate of drug-likeness (QED) is 0.846. The van der Waals surface area contributed by atoms with E-state index in [1.807, 2.05) is 30.3 Å². The molecule has 0 radical (unpaired) electrons. The lowest BCUT2D eigenvalue weighted by Gasteiger charge is -2.25. The fraction of sp³-hybridized carbons (Fsp3) is 0.444. The van der Waals surface area contributed by atoms with Crippen LogP contribution in [0.15, 0.2) is 35.7 Å². The number of aromatic nitrogens is 1. The van der Waals surface area contributed by atoms with Gasteiger partial charge in [0.05, 0.1) is 12.2 Å². The van der Waals surface area contributed by atoms with E-state index in [0.717, 1.165) is 22.8 Å². The Hall–Kier alpha value is -1.92. The minimum atomic E-state index is -0.161. The molecule has 1 aromatic carbocycles. The highest BCUT2D eigenvalue weighted by Gasteiger charge is 2.12. The van der Waals surface area contributed by atoms with Gasteiger partial charge in [-0.2, -0.15) is 0 Å². The monoisotopic (exact) mass is 344 g/mol. The van der Waals surface area contributed by atoms with Crippen molar-refractivity contribution in [2.75, 3.05) is 13.1 Å². The molecule has 1 aromatic heterocycles. The second kappa shape index (κ2) is 8.80. The van der Waals surface area contributed by atoms with Crippen LogP contribution in [0.5, 0.6) is 0 Å². The van der Waals surface area contributed by atoms with E-state index in [9.17, 15) is 4.79 Å². The number of urea groups is 1. The molecule has 0 saturated carbocycles. The second-order valence-electron chi connectivity index (χ2n) is 6.09.